The largest absolute Gasteiger partial charge is 0.324 e. The molecule has 0 aliphatic rings. The Labute approximate surface area is 507 Å². The summed E-state index contributed by atoms with van der Waals surface area (Å²) in [5.74, 6) is -0.0783. The van der Waals surface area contributed by atoms with Crippen LogP contribution >= 0.6 is 0 Å². The lowest BCUT2D eigenvalue weighted by molar-refractivity contribution is -0.928. The molecule has 4 nitrogen and oxygen atoms in total. The first-order valence-corrected chi connectivity index (χ1v) is 39.8. The lowest BCUT2D eigenvalue weighted by Gasteiger charge is -2.39. The van der Waals surface area contributed by atoms with Crippen LogP contribution in [0, 0.1) is 0 Å². The van der Waals surface area contributed by atoms with E-state index in [2.05, 4.69) is 20.8 Å². The molecule has 0 amide bonds. The van der Waals surface area contributed by atoms with Crippen molar-refractivity contribution in [3.05, 3.63) is 0 Å². The highest BCUT2D eigenvalue weighted by Gasteiger charge is 2.27. The molecule has 0 spiro atoms. The van der Waals surface area contributed by atoms with Crippen LogP contribution in [0.4, 0.5) is 0 Å². The summed E-state index contributed by atoms with van der Waals surface area (Å²) in [6.07, 6.45) is 94.2. The summed E-state index contributed by atoms with van der Waals surface area (Å²) in [5, 5.41) is 0. The number of unbranched alkanes of at least 4 members (excludes halogenated alkanes) is 63. The van der Waals surface area contributed by atoms with E-state index in [1.807, 2.05) is 0 Å². The van der Waals surface area contributed by atoms with Crippen molar-refractivity contribution in [2.75, 3.05) is 31.9 Å². The predicted octanol–water partition coefficient (Wildman–Crippen LogP) is 26.9. The molecular formula is C75H154NO3S+. The van der Waals surface area contributed by atoms with Gasteiger partial charge in [0.2, 0.25) is 0 Å². The molecule has 80 heavy (non-hydrogen) atoms. The molecule has 1 N–H and O–H groups in total. The van der Waals surface area contributed by atoms with E-state index in [-0.39, 0.29) is 5.75 Å². The lowest BCUT2D eigenvalue weighted by Crippen LogP contribution is -2.51. The van der Waals surface area contributed by atoms with Gasteiger partial charge in [0.05, 0.1) is 31.9 Å². The second kappa shape index (κ2) is 68.0. The molecule has 0 rings (SSSR count). The Balaban J connectivity index is 4.58. The molecule has 0 aromatic rings. The Hall–Kier alpha value is -0.130. The van der Waals surface area contributed by atoms with E-state index in [9.17, 15) is 13.0 Å². The molecule has 0 radical (unpaired) electrons. The van der Waals surface area contributed by atoms with Crippen molar-refractivity contribution in [2.45, 2.75) is 451 Å². The minimum absolute atomic E-state index is 0.0783. The first-order valence-electron chi connectivity index (χ1n) is 38.2. The van der Waals surface area contributed by atoms with Crippen LogP contribution in [0.1, 0.15) is 451 Å². The highest BCUT2D eigenvalue weighted by Crippen LogP contribution is 2.23. The number of hydrogen-bond donors (Lipinski definition) is 1. The monoisotopic (exact) mass is 1150 g/mol. The van der Waals surface area contributed by atoms with Crippen LogP contribution < -0.4 is 0 Å². The zero-order valence-electron chi connectivity index (χ0n) is 56.0. The molecule has 0 atom stereocenters. The van der Waals surface area contributed by atoms with Crippen molar-refractivity contribution in [3.63, 3.8) is 0 Å². The molecule has 0 aromatic carbocycles. The molecule has 0 aromatic heterocycles. The maximum absolute atomic E-state index is 12.0. The second-order valence-electron chi connectivity index (χ2n) is 27.1. The molecule has 0 fully saturated rings. The molecule has 5 heteroatoms. The SMILES string of the molecule is CCCCCCCCCCCCCCCCCCCCCCCC[N+](CCCCCCCCCCCCCCCCCCCCCCCC)(CCCCCCCCCCCCCCCCCCCCCCCC)CCCS(=O)(=O)O. The zero-order valence-corrected chi connectivity index (χ0v) is 56.8. The van der Waals surface area contributed by atoms with E-state index in [0.717, 1.165) is 11.0 Å². The molecule has 0 heterocycles. The van der Waals surface area contributed by atoms with Crippen molar-refractivity contribution < 1.29 is 17.5 Å². The van der Waals surface area contributed by atoms with Gasteiger partial charge in [0.15, 0.2) is 0 Å². The first-order chi connectivity index (χ1) is 39.4. The number of hydrogen-bond acceptors (Lipinski definition) is 2. The fourth-order valence-corrected chi connectivity index (χ4v) is 13.9. The van der Waals surface area contributed by atoms with Crippen LogP contribution in [0.15, 0.2) is 0 Å². The van der Waals surface area contributed by atoms with Crippen molar-refractivity contribution in [3.8, 4) is 0 Å². The summed E-state index contributed by atoms with van der Waals surface area (Å²) in [5.41, 5.74) is 0. The average Bonchev–Trinajstić information content (AvgIpc) is 3.44. The third kappa shape index (κ3) is 67.0. The Morgan fingerprint density at radius 2 is 0.300 bits per heavy atom. The minimum Gasteiger partial charge on any atom is -0.324 e. The summed E-state index contributed by atoms with van der Waals surface area (Å²) in [6, 6.07) is 0. The normalized spacial score (nSPS) is 12.2. The van der Waals surface area contributed by atoms with Gasteiger partial charge in [-0.15, -0.1) is 0 Å². The van der Waals surface area contributed by atoms with Gasteiger partial charge in [-0.2, -0.15) is 8.42 Å². The van der Waals surface area contributed by atoms with E-state index >= 15 is 0 Å². The van der Waals surface area contributed by atoms with Gasteiger partial charge in [-0.05, 0) is 38.5 Å². The maximum atomic E-state index is 12.0. The third-order valence-electron chi connectivity index (χ3n) is 19.0. The number of nitrogens with zero attached hydrogens (tertiary/aromatic N) is 1. The Morgan fingerprint density at radius 3 is 0.425 bits per heavy atom. The smallest absolute Gasteiger partial charge is 0.265 e. The molecule has 0 saturated carbocycles. The van der Waals surface area contributed by atoms with Crippen molar-refractivity contribution in [2.24, 2.45) is 0 Å². The lowest BCUT2D eigenvalue weighted by atomic mass is 10.0. The molecule has 482 valence electrons. The summed E-state index contributed by atoms with van der Waals surface area (Å²) < 4.78 is 34.8. The standard InChI is InChI=1S/C75H153NO3S/c1-4-7-10-13-16-19-22-25-28-31-34-37-40-43-46-49-52-55-58-61-64-67-71-76(74-70-75-80(77,78)79,72-68-65-62-59-56-53-50-47-44-41-38-35-32-29-26-23-20-17-14-11-8-5-2)73-69-66-63-60-57-54-51-48-45-42-39-36-33-30-27-24-21-18-15-12-9-6-3/h4-75H2,1-3H3/p+1. The first kappa shape index (κ1) is 79.9. The fraction of sp³-hybridized carbons (Fsp3) is 1.00. The van der Waals surface area contributed by atoms with Crippen molar-refractivity contribution in [1.29, 1.82) is 0 Å². The number of rotatable bonds is 73. The van der Waals surface area contributed by atoms with Crippen LogP contribution in [0.2, 0.25) is 0 Å². The molecular weight excluding hydrogens is 995 g/mol. The van der Waals surface area contributed by atoms with E-state index in [1.54, 1.807) is 0 Å². The van der Waals surface area contributed by atoms with Gasteiger partial charge in [-0.1, -0.05) is 406 Å². The van der Waals surface area contributed by atoms with E-state index in [4.69, 9.17) is 0 Å². The van der Waals surface area contributed by atoms with Crippen molar-refractivity contribution in [1.82, 2.24) is 0 Å². The van der Waals surface area contributed by atoms with Crippen LogP contribution in [0.25, 0.3) is 0 Å². The Bertz CT molecular complexity index is 1110. The average molecular weight is 1150 g/mol. The highest BCUT2D eigenvalue weighted by molar-refractivity contribution is 7.85. The second-order valence-corrected chi connectivity index (χ2v) is 28.7. The fourth-order valence-electron chi connectivity index (χ4n) is 13.4. The van der Waals surface area contributed by atoms with Crippen LogP contribution in [-0.4, -0.2) is 49.4 Å². The van der Waals surface area contributed by atoms with Gasteiger partial charge in [-0.25, -0.2) is 0 Å². The van der Waals surface area contributed by atoms with E-state index < -0.39 is 10.1 Å². The van der Waals surface area contributed by atoms with Crippen LogP contribution in [-0.2, 0) is 10.1 Å². The van der Waals surface area contributed by atoms with Crippen LogP contribution in [0.5, 0.6) is 0 Å². The maximum Gasteiger partial charge on any atom is 0.265 e. The molecule has 0 bridgehead atoms. The summed E-state index contributed by atoms with van der Waals surface area (Å²) >= 11 is 0. The minimum atomic E-state index is -3.93. The van der Waals surface area contributed by atoms with E-state index in [1.165, 1.54) is 443 Å². The van der Waals surface area contributed by atoms with Crippen molar-refractivity contribution >= 4 is 10.1 Å². The van der Waals surface area contributed by atoms with Gasteiger partial charge >= 0.3 is 0 Å². The highest BCUT2D eigenvalue weighted by atomic mass is 32.2. The summed E-state index contributed by atoms with van der Waals surface area (Å²) in [4.78, 5) is 0. The summed E-state index contributed by atoms with van der Waals surface area (Å²) in [6.45, 7) is 11.4. The number of quaternary nitrogens is 1. The van der Waals surface area contributed by atoms with Gasteiger partial charge < -0.3 is 4.48 Å². The quantitative estimate of drug-likeness (QED) is 0.0375. The molecule has 0 aliphatic carbocycles. The summed E-state index contributed by atoms with van der Waals surface area (Å²) in [7, 11) is -3.93. The third-order valence-corrected chi connectivity index (χ3v) is 19.8. The zero-order chi connectivity index (χ0) is 57.9. The predicted molar refractivity (Wildman–Crippen MR) is 363 cm³/mol. The molecule has 0 unspecified atom stereocenters. The van der Waals surface area contributed by atoms with E-state index in [0.29, 0.717) is 6.42 Å². The van der Waals surface area contributed by atoms with Gasteiger partial charge in [0.1, 0.15) is 0 Å². The van der Waals surface area contributed by atoms with Crippen LogP contribution in [0.3, 0.4) is 0 Å². The van der Waals surface area contributed by atoms with Gasteiger partial charge in [0.25, 0.3) is 10.1 Å². The molecule has 0 saturated heterocycles. The topological polar surface area (TPSA) is 54.4 Å². The Kier molecular flexibility index (Phi) is 67.9. The van der Waals surface area contributed by atoms with Gasteiger partial charge in [-0.3, -0.25) is 4.55 Å². The Morgan fingerprint density at radius 1 is 0.188 bits per heavy atom. The molecule has 0 aliphatic heterocycles. The van der Waals surface area contributed by atoms with Gasteiger partial charge in [0, 0.05) is 6.42 Å².